The fourth-order valence-electron chi connectivity index (χ4n) is 2.93. The normalized spacial score (nSPS) is 10.1. The van der Waals surface area contributed by atoms with Gasteiger partial charge in [-0.15, -0.1) is 0 Å². The van der Waals surface area contributed by atoms with Crippen LogP contribution in [0.4, 0.5) is 0 Å². The second-order valence-electron chi connectivity index (χ2n) is 6.70. The molecule has 0 saturated carbocycles. The second kappa shape index (κ2) is 8.71. The Morgan fingerprint density at radius 1 is 0.667 bits per heavy atom. The van der Waals surface area contributed by atoms with E-state index in [2.05, 4.69) is 32.4 Å². The SMILES string of the molecule is O=C(O)c1ccc(C#Cc2ccc(C#Cc3ccc(C(=O)O)c(O)c3)c3nsnc23)cc1O. The van der Waals surface area contributed by atoms with Gasteiger partial charge in [0.2, 0.25) is 0 Å². The zero-order valence-electron chi connectivity index (χ0n) is 16.5. The molecule has 0 atom stereocenters. The molecule has 4 aromatic rings. The number of phenols is 2. The summed E-state index contributed by atoms with van der Waals surface area (Å²) in [5, 5.41) is 37.6. The van der Waals surface area contributed by atoms with Gasteiger partial charge < -0.3 is 20.4 Å². The van der Waals surface area contributed by atoms with Crippen LogP contribution in [0.25, 0.3) is 11.0 Å². The molecule has 160 valence electrons. The van der Waals surface area contributed by atoms with Crippen LogP contribution in [0.15, 0.2) is 48.5 Å². The molecule has 0 aliphatic heterocycles. The molecule has 0 bridgehead atoms. The Bertz CT molecular complexity index is 1450. The zero-order chi connectivity index (χ0) is 23.5. The Hall–Kier alpha value is -4.86. The highest BCUT2D eigenvalue weighted by atomic mass is 32.1. The molecular weight excluding hydrogens is 444 g/mol. The molecule has 4 N–H and O–H groups in total. The highest BCUT2D eigenvalue weighted by Crippen LogP contribution is 2.22. The fraction of sp³-hybridized carbons (Fsp3) is 0. The topological polar surface area (TPSA) is 141 Å². The van der Waals surface area contributed by atoms with Crippen LogP contribution in [-0.2, 0) is 0 Å². The molecule has 0 unspecified atom stereocenters. The summed E-state index contributed by atoms with van der Waals surface area (Å²) in [6, 6.07) is 11.5. The predicted octanol–water partition coefficient (Wildman–Crippen LogP) is 3.30. The fourth-order valence-corrected chi connectivity index (χ4v) is 3.50. The van der Waals surface area contributed by atoms with Crippen molar-refractivity contribution in [1.29, 1.82) is 0 Å². The minimum absolute atomic E-state index is 0.208. The maximum atomic E-state index is 11.0. The molecule has 4 rings (SSSR count). The highest BCUT2D eigenvalue weighted by Gasteiger charge is 2.11. The summed E-state index contributed by atoms with van der Waals surface area (Å²) in [4.78, 5) is 22.0. The molecule has 1 aromatic heterocycles. The summed E-state index contributed by atoms with van der Waals surface area (Å²) in [6.45, 7) is 0. The van der Waals surface area contributed by atoms with E-state index < -0.39 is 11.9 Å². The van der Waals surface area contributed by atoms with E-state index in [-0.39, 0.29) is 22.6 Å². The quantitative estimate of drug-likeness (QED) is 0.337. The Morgan fingerprint density at radius 3 is 1.45 bits per heavy atom. The van der Waals surface area contributed by atoms with Crippen molar-refractivity contribution in [3.05, 3.63) is 81.9 Å². The molecule has 8 nitrogen and oxygen atoms in total. The first kappa shape index (κ1) is 21.4. The first-order valence-electron chi connectivity index (χ1n) is 9.25. The monoisotopic (exact) mass is 456 g/mol. The maximum absolute atomic E-state index is 11.0. The van der Waals surface area contributed by atoms with E-state index in [1.165, 1.54) is 36.4 Å². The van der Waals surface area contributed by atoms with Crippen molar-refractivity contribution in [1.82, 2.24) is 8.75 Å². The molecule has 0 amide bonds. The largest absolute Gasteiger partial charge is 0.507 e. The number of carboxylic acids is 2. The van der Waals surface area contributed by atoms with Crippen molar-refractivity contribution in [3.63, 3.8) is 0 Å². The van der Waals surface area contributed by atoms with Gasteiger partial charge in [0, 0.05) is 11.1 Å². The molecule has 0 radical (unpaired) electrons. The highest BCUT2D eigenvalue weighted by molar-refractivity contribution is 7.00. The van der Waals surface area contributed by atoms with Crippen LogP contribution < -0.4 is 0 Å². The van der Waals surface area contributed by atoms with Gasteiger partial charge in [0.05, 0.1) is 22.9 Å². The molecule has 0 fully saturated rings. The van der Waals surface area contributed by atoms with E-state index in [9.17, 15) is 19.8 Å². The number of benzene rings is 3. The van der Waals surface area contributed by atoms with Gasteiger partial charge in [0.15, 0.2) is 0 Å². The zero-order valence-corrected chi connectivity index (χ0v) is 17.3. The van der Waals surface area contributed by atoms with E-state index >= 15 is 0 Å². The number of carbonyl (C=O) groups is 2. The van der Waals surface area contributed by atoms with Gasteiger partial charge in [-0.2, -0.15) is 8.75 Å². The minimum atomic E-state index is -1.23. The summed E-state index contributed by atoms with van der Waals surface area (Å²) in [5.74, 6) is 8.44. The third-order valence-electron chi connectivity index (χ3n) is 4.55. The van der Waals surface area contributed by atoms with Crippen LogP contribution in [-0.4, -0.2) is 41.1 Å². The Kier molecular flexibility index (Phi) is 5.64. The van der Waals surface area contributed by atoms with Gasteiger partial charge in [0.25, 0.3) is 0 Å². The summed E-state index contributed by atoms with van der Waals surface area (Å²) in [5.41, 5.74) is 2.68. The molecule has 9 heteroatoms. The number of nitrogens with zero attached hydrogens (tertiary/aromatic N) is 2. The van der Waals surface area contributed by atoms with Gasteiger partial charge in [-0.05, 0) is 48.5 Å². The predicted molar refractivity (Wildman–Crippen MR) is 120 cm³/mol. The Morgan fingerprint density at radius 2 is 1.09 bits per heavy atom. The van der Waals surface area contributed by atoms with Crippen LogP contribution >= 0.6 is 11.7 Å². The average Bonchev–Trinajstić information content (AvgIpc) is 3.26. The van der Waals surface area contributed by atoms with Crippen LogP contribution in [0.3, 0.4) is 0 Å². The lowest BCUT2D eigenvalue weighted by molar-refractivity contribution is 0.0682. The molecule has 0 aliphatic carbocycles. The van der Waals surface area contributed by atoms with Gasteiger partial charge in [-0.1, -0.05) is 23.7 Å². The molecule has 0 aliphatic rings. The average molecular weight is 456 g/mol. The number of fused-ring (bicyclic) bond motifs is 1. The van der Waals surface area contributed by atoms with Crippen molar-refractivity contribution in [3.8, 4) is 35.2 Å². The lowest BCUT2D eigenvalue weighted by atomic mass is 10.1. The van der Waals surface area contributed by atoms with E-state index in [1.54, 1.807) is 12.1 Å². The van der Waals surface area contributed by atoms with Crippen LogP contribution in [0.5, 0.6) is 11.5 Å². The van der Waals surface area contributed by atoms with Gasteiger partial charge in [-0.3, -0.25) is 0 Å². The molecule has 1 heterocycles. The molecule has 0 spiro atoms. The smallest absolute Gasteiger partial charge is 0.339 e. The lowest BCUT2D eigenvalue weighted by Crippen LogP contribution is -1.96. The van der Waals surface area contributed by atoms with E-state index in [4.69, 9.17) is 10.2 Å². The first-order valence-corrected chi connectivity index (χ1v) is 9.98. The molecular formula is C24H12N2O6S. The Balaban J connectivity index is 1.66. The lowest BCUT2D eigenvalue weighted by Gasteiger charge is -2.00. The van der Waals surface area contributed by atoms with Crippen LogP contribution in [0.2, 0.25) is 0 Å². The summed E-state index contributed by atoms with van der Waals surface area (Å²) < 4.78 is 8.55. The number of carboxylic acid groups (broad SMARTS) is 2. The van der Waals surface area contributed by atoms with Crippen LogP contribution in [0, 0.1) is 23.7 Å². The number of aromatic carboxylic acids is 2. The van der Waals surface area contributed by atoms with Crippen molar-refractivity contribution in [2.75, 3.05) is 0 Å². The second-order valence-corrected chi connectivity index (χ2v) is 7.22. The number of aromatic nitrogens is 2. The van der Waals surface area contributed by atoms with E-state index in [1.807, 2.05) is 0 Å². The van der Waals surface area contributed by atoms with Crippen LogP contribution in [0.1, 0.15) is 43.0 Å². The summed E-state index contributed by atoms with van der Waals surface area (Å²) in [6.07, 6.45) is 0. The number of aromatic hydroxyl groups is 2. The van der Waals surface area contributed by atoms with Crippen molar-refractivity contribution in [2.24, 2.45) is 0 Å². The van der Waals surface area contributed by atoms with Gasteiger partial charge in [0.1, 0.15) is 33.7 Å². The Labute approximate surface area is 190 Å². The van der Waals surface area contributed by atoms with E-state index in [0.717, 1.165) is 11.7 Å². The minimum Gasteiger partial charge on any atom is -0.507 e. The van der Waals surface area contributed by atoms with Gasteiger partial charge >= 0.3 is 11.9 Å². The number of hydrogen-bond donors (Lipinski definition) is 4. The number of rotatable bonds is 2. The van der Waals surface area contributed by atoms with E-state index in [0.29, 0.717) is 33.3 Å². The number of hydrogen-bond acceptors (Lipinski definition) is 7. The standard InChI is InChI=1S/C24H12N2O6S/c27-19-11-13(3-9-17(19)23(29)30)1-5-15-7-8-16(22-21(15)25-33-26-22)6-2-14-4-10-18(24(31)32)20(28)12-14/h3-4,7-12,27-28H,(H,29,30)(H,31,32). The maximum Gasteiger partial charge on any atom is 0.339 e. The molecule has 0 saturated heterocycles. The third-order valence-corrected chi connectivity index (χ3v) is 5.08. The molecule has 3 aromatic carbocycles. The summed E-state index contributed by atoms with van der Waals surface area (Å²) in [7, 11) is 0. The van der Waals surface area contributed by atoms with Gasteiger partial charge in [-0.25, -0.2) is 9.59 Å². The third kappa shape index (κ3) is 4.44. The van der Waals surface area contributed by atoms with Crippen molar-refractivity contribution in [2.45, 2.75) is 0 Å². The first-order chi connectivity index (χ1) is 15.8. The molecule has 33 heavy (non-hydrogen) atoms. The van der Waals surface area contributed by atoms with Crippen molar-refractivity contribution >= 4 is 34.7 Å². The van der Waals surface area contributed by atoms with Crippen molar-refractivity contribution < 1.29 is 30.0 Å². The summed E-state index contributed by atoms with van der Waals surface area (Å²) >= 11 is 0.994.